The van der Waals surface area contributed by atoms with Gasteiger partial charge in [0.2, 0.25) is 0 Å². The summed E-state index contributed by atoms with van der Waals surface area (Å²) in [6.07, 6.45) is 1.56. The Morgan fingerprint density at radius 3 is 2.49 bits per heavy atom. The first-order chi connectivity index (χ1) is 17.9. The molecule has 0 aliphatic carbocycles. The quantitative estimate of drug-likeness (QED) is 0.232. The molecule has 0 saturated heterocycles. The molecule has 0 spiro atoms. The van der Waals surface area contributed by atoms with E-state index >= 15 is 0 Å². The predicted molar refractivity (Wildman–Crippen MR) is 148 cm³/mol. The van der Waals surface area contributed by atoms with E-state index in [1.54, 1.807) is 77.9 Å². The van der Waals surface area contributed by atoms with Crippen molar-refractivity contribution in [2.45, 2.75) is 19.5 Å². The third-order valence-electron chi connectivity index (χ3n) is 5.99. The Hall–Kier alpha value is -3.88. The minimum atomic E-state index is -0.617. The van der Waals surface area contributed by atoms with E-state index in [1.165, 1.54) is 4.57 Å². The van der Waals surface area contributed by atoms with E-state index in [2.05, 4.69) is 21.2 Å². The molecule has 0 saturated carbocycles. The number of hydrogen-bond acceptors (Lipinski definition) is 4. The molecule has 2 amide bonds. The molecule has 1 N–H and O–H groups in total. The summed E-state index contributed by atoms with van der Waals surface area (Å²) in [5.74, 6) is 1.00. The fourth-order valence-corrected chi connectivity index (χ4v) is 4.48. The largest absolute Gasteiger partial charge is 0.467 e. The highest BCUT2D eigenvalue weighted by atomic mass is 79.9. The minimum Gasteiger partial charge on any atom is -0.467 e. The molecular weight excluding hydrogens is 556 g/mol. The molecule has 7 nitrogen and oxygen atoms in total. The molecule has 5 rings (SSSR count). The van der Waals surface area contributed by atoms with Crippen molar-refractivity contribution in [3.8, 4) is 5.69 Å². The number of furan rings is 1. The molecule has 0 aliphatic heterocycles. The maximum atomic E-state index is 13.7. The molecule has 186 valence electrons. The number of benzene rings is 3. The number of para-hydroxylation sites is 1. The predicted octanol–water partition coefficient (Wildman–Crippen LogP) is 7.19. The SMILES string of the molecule is CC(c1nc2ccccc2c(=O)n1-c1ccc(Cl)cc1)N(Cc1ccco1)C(=O)Nc1ccc(Br)cc1. The Morgan fingerprint density at radius 1 is 1.05 bits per heavy atom. The van der Waals surface area contributed by atoms with E-state index in [1.807, 2.05) is 25.1 Å². The van der Waals surface area contributed by atoms with Gasteiger partial charge in [0.25, 0.3) is 5.56 Å². The second kappa shape index (κ2) is 10.6. The van der Waals surface area contributed by atoms with Crippen molar-refractivity contribution in [1.29, 1.82) is 0 Å². The van der Waals surface area contributed by atoms with Crippen molar-refractivity contribution >= 4 is 50.2 Å². The van der Waals surface area contributed by atoms with Crippen molar-refractivity contribution in [2.75, 3.05) is 5.32 Å². The Bertz CT molecular complexity index is 1600. The summed E-state index contributed by atoms with van der Waals surface area (Å²) >= 11 is 9.53. The molecule has 9 heteroatoms. The molecule has 0 aliphatic rings. The van der Waals surface area contributed by atoms with Crippen LogP contribution < -0.4 is 10.9 Å². The lowest BCUT2D eigenvalue weighted by molar-refractivity contribution is 0.179. The third kappa shape index (κ3) is 5.30. The Morgan fingerprint density at radius 2 is 1.78 bits per heavy atom. The third-order valence-corrected chi connectivity index (χ3v) is 6.77. The van der Waals surface area contributed by atoms with Gasteiger partial charge >= 0.3 is 6.03 Å². The molecule has 0 fully saturated rings. The van der Waals surface area contributed by atoms with Crippen LogP contribution in [-0.2, 0) is 6.54 Å². The van der Waals surface area contributed by atoms with Crippen LogP contribution >= 0.6 is 27.5 Å². The average molecular weight is 578 g/mol. The van der Waals surface area contributed by atoms with Crippen LogP contribution in [0.2, 0.25) is 5.02 Å². The van der Waals surface area contributed by atoms with Gasteiger partial charge in [0.15, 0.2) is 0 Å². The number of rotatable bonds is 6. The Balaban J connectivity index is 1.63. The number of fused-ring (bicyclic) bond motifs is 1. The van der Waals surface area contributed by atoms with E-state index in [0.29, 0.717) is 38.9 Å². The van der Waals surface area contributed by atoms with Crippen molar-refractivity contribution < 1.29 is 9.21 Å². The second-order valence-electron chi connectivity index (χ2n) is 8.42. The van der Waals surface area contributed by atoms with Gasteiger partial charge in [-0.3, -0.25) is 9.36 Å². The van der Waals surface area contributed by atoms with Gasteiger partial charge in [-0.25, -0.2) is 9.78 Å². The molecule has 2 heterocycles. The monoisotopic (exact) mass is 576 g/mol. The number of aromatic nitrogens is 2. The zero-order valence-corrected chi connectivity index (χ0v) is 22.1. The minimum absolute atomic E-state index is 0.167. The first-order valence-corrected chi connectivity index (χ1v) is 12.7. The first-order valence-electron chi connectivity index (χ1n) is 11.5. The number of halogens is 2. The number of nitrogens with zero attached hydrogens (tertiary/aromatic N) is 3. The molecule has 1 atom stereocenters. The summed E-state index contributed by atoms with van der Waals surface area (Å²) in [6.45, 7) is 2.01. The van der Waals surface area contributed by atoms with Crippen molar-refractivity contribution in [3.63, 3.8) is 0 Å². The van der Waals surface area contributed by atoms with E-state index < -0.39 is 6.04 Å². The number of urea groups is 1. The van der Waals surface area contributed by atoms with Crippen LogP contribution in [0.5, 0.6) is 0 Å². The fraction of sp³-hybridized carbons (Fsp3) is 0.107. The van der Waals surface area contributed by atoms with E-state index in [-0.39, 0.29) is 18.1 Å². The van der Waals surface area contributed by atoms with Crippen LogP contribution in [0.3, 0.4) is 0 Å². The summed E-state index contributed by atoms with van der Waals surface area (Å²) in [7, 11) is 0. The van der Waals surface area contributed by atoms with Crippen LogP contribution in [0.25, 0.3) is 16.6 Å². The van der Waals surface area contributed by atoms with Crippen LogP contribution in [-0.4, -0.2) is 20.5 Å². The van der Waals surface area contributed by atoms with Crippen molar-refractivity contribution in [3.05, 3.63) is 123 Å². The maximum absolute atomic E-state index is 13.7. The summed E-state index contributed by atoms with van der Waals surface area (Å²) in [6, 6.07) is 24.0. The second-order valence-corrected chi connectivity index (χ2v) is 9.78. The highest BCUT2D eigenvalue weighted by Gasteiger charge is 2.28. The zero-order chi connectivity index (χ0) is 25.9. The van der Waals surface area contributed by atoms with Crippen LogP contribution in [0, 0.1) is 0 Å². The number of carbonyl (C=O) groups is 1. The van der Waals surface area contributed by atoms with Crippen molar-refractivity contribution in [1.82, 2.24) is 14.5 Å². The Kier molecular flexibility index (Phi) is 7.12. The standard InChI is InChI=1S/C28H22BrClN4O3/c1-18(33(17-23-5-4-16-37-23)28(36)31-21-12-8-19(29)9-13-21)26-32-25-7-3-2-6-24(25)27(35)34(26)22-14-10-20(30)11-15-22/h2-16,18H,17H2,1H3,(H,31,36). The summed E-state index contributed by atoms with van der Waals surface area (Å²) in [5, 5.41) is 3.97. The topological polar surface area (TPSA) is 80.4 Å². The normalized spacial score (nSPS) is 11.9. The number of nitrogens with one attached hydrogen (secondary N) is 1. The molecule has 2 aromatic heterocycles. The number of anilines is 1. The summed E-state index contributed by atoms with van der Waals surface area (Å²) in [4.78, 5) is 33.8. The molecule has 5 aromatic rings. The van der Waals surface area contributed by atoms with Gasteiger partial charge in [0.1, 0.15) is 11.6 Å². The molecule has 37 heavy (non-hydrogen) atoms. The van der Waals surface area contributed by atoms with Crippen LogP contribution in [0.1, 0.15) is 24.6 Å². The summed E-state index contributed by atoms with van der Waals surface area (Å²) < 4.78 is 7.99. The lowest BCUT2D eigenvalue weighted by Gasteiger charge is -2.30. The zero-order valence-electron chi connectivity index (χ0n) is 19.8. The molecular formula is C28H22BrClN4O3. The van der Waals surface area contributed by atoms with Gasteiger partial charge in [0.05, 0.1) is 35.4 Å². The van der Waals surface area contributed by atoms with Crippen LogP contribution in [0.15, 0.2) is 105 Å². The van der Waals surface area contributed by atoms with Gasteiger partial charge in [-0.1, -0.05) is 39.7 Å². The van der Waals surface area contributed by atoms with E-state index in [9.17, 15) is 9.59 Å². The van der Waals surface area contributed by atoms with E-state index in [0.717, 1.165) is 4.47 Å². The van der Waals surface area contributed by atoms with Crippen molar-refractivity contribution in [2.24, 2.45) is 0 Å². The molecule has 1 unspecified atom stereocenters. The number of hydrogen-bond donors (Lipinski definition) is 1. The summed E-state index contributed by atoms with van der Waals surface area (Å²) in [5.41, 5.74) is 1.54. The molecule has 0 radical (unpaired) electrons. The van der Waals surface area contributed by atoms with Gasteiger partial charge in [-0.05, 0) is 79.7 Å². The fourth-order valence-electron chi connectivity index (χ4n) is 4.09. The smallest absolute Gasteiger partial charge is 0.322 e. The maximum Gasteiger partial charge on any atom is 0.322 e. The lowest BCUT2D eigenvalue weighted by atomic mass is 10.2. The van der Waals surface area contributed by atoms with Gasteiger partial charge in [-0.15, -0.1) is 0 Å². The highest BCUT2D eigenvalue weighted by molar-refractivity contribution is 9.10. The lowest BCUT2D eigenvalue weighted by Crippen LogP contribution is -2.39. The number of amides is 2. The van der Waals surface area contributed by atoms with Gasteiger partial charge in [0, 0.05) is 15.2 Å². The Labute approximate surface area is 226 Å². The molecule has 0 bridgehead atoms. The molecule has 3 aromatic carbocycles. The first kappa shape index (κ1) is 24.8. The van der Waals surface area contributed by atoms with Gasteiger partial charge < -0.3 is 14.6 Å². The number of carbonyl (C=O) groups excluding carboxylic acids is 1. The average Bonchev–Trinajstić information content (AvgIpc) is 3.42. The van der Waals surface area contributed by atoms with Crippen LogP contribution in [0.4, 0.5) is 10.5 Å². The van der Waals surface area contributed by atoms with Gasteiger partial charge in [-0.2, -0.15) is 0 Å². The van der Waals surface area contributed by atoms with E-state index in [4.69, 9.17) is 21.0 Å². The highest BCUT2D eigenvalue weighted by Crippen LogP contribution is 2.26.